The van der Waals surface area contributed by atoms with E-state index in [-0.39, 0.29) is 23.7 Å². The molecule has 0 saturated heterocycles. The molecule has 1 aromatic heterocycles. The van der Waals surface area contributed by atoms with Gasteiger partial charge in [0.25, 0.3) is 11.6 Å². The first-order valence-electron chi connectivity index (χ1n) is 5.73. The van der Waals surface area contributed by atoms with Crippen LogP contribution in [0.5, 0.6) is 5.75 Å². The van der Waals surface area contributed by atoms with Crippen LogP contribution in [0.3, 0.4) is 0 Å². The predicted octanol–water partition coefficient (Wildman–Crippen LogP) is 1.63. The van der Waals surface area contributed by atoms with E-state index in [9.17, 15) is 20.0 Å². The number of nitro groups is 1. The van der Waals surface area contributed by atoms with Crippen molar-refractivity contribution in [3.63, 3.8) is 0 Å². The van der Waals surface area contributed by atoms with Crippen molar-refractivity contribution in [2.24, 2.45) is 0 Å². The Morgan fingerprint density at radius 2 is 2.15 bits per heavy atom. The van der Waals surface area contributed by atoms with Crippen LogP contribution in [0.25, 0.3) is 0 Å². The summed E-state index contributed by atoms with van der Waals surface area (Å²) < 4.78 is 0. The molecule has 0 unspecified atom stereocenters. The van der Waals surface area contributed by atoms with Crippen LogP contribution < -0.4 is 5.32 Å². The lowest BCUT2D eigenvalue weighted by molar-refractivity contribution is -0.384. The molecule has 2 rings (SSSR count). The van der Waals surface area contributed by atoms with Gasteiger partial charge in [0, 0.05) is 24.9 Å². The summed E-state index contributed by atoms with van der Waals surface area (Å²) in [6.45, 7) is 0.108. The van der Waals surface area contributed by atoms with Gasteiger partial charge in [-0.3, -0.25) is 14.9 Å². The molecule has 1 aromatic carbocycles. The molecule has 20 heavy (non-hydrogen) atoms. The fourth-order valence-electron chi connectivity index (χ4n) is 1.62. The van der Waals surface area contributed by atoms with Gasteiger partial charge in [-0.2, -0.15) is 0 Å². The van der Waals surface area contributed by atoms with Gasteiger partial charge in [0.15, 0.2) is 5.69 Å². The van der Waals surface area contributed by atoms with Gasteiger partial charge in [-0.1, -0.05) is 12.1 Å². The summed E-state index contributed by atoms with van der Waals surface area (Å²) in [6, 6.07) is 8.81. The van der Waals surface area contributed by atoms with E-state index < -0.39 is 10.8 Å². The Morgan fingerprint density at radius 3 is 2.85 bits per heavy atom. The van der Waals surface area contributed by atoms with Crippen LogP contribution in [-0.4, -0.2) is 20.9 Å². The molecule has 0 fully saturated rings. The number of nitrogens with zero attached hydrogens (tertiary/aromatic N) is 2. The molecule has 0 spiro atoms. The Hall–Kier alpha value is -2.96. The van der Waals surface area contributed by atoms with Crippen LogP contribution in [0, 0.1) is 10.1 Å². The molecule has 0 bridgehead atoms. The van der Waals surface area contributed by atoms with Crippen molar-refractivity contribution < 1.29 is 14.8 Å². The van der Waals surface area contributed by atoms with Crippen molar-refractivity contribution in [1.29, 1.82) is 0 Å². The molecule has 0 radical (unpaired) electrons. The largest absolute Gasteiger partial charge is 0.505 e. The van der Waals surface area contributed by atoms with E-state index in [1.165, 1.54) is 36.5 Å². The lowest BCUT2D eigenvalue weighted by atomic mass is 10.2. The second-order valence-corrected chi connectivity index (χ2v) is 3.98. The molecule has 0 aliphatic carbocycles. The van der Waals surface area contributed by atoms with Gasteiger partial charge in [-0.15, -0.1) is 0 Å². The standard InChI is InChI=1S/C13H11N3O4/c17-11-5-2-6-14-12(11)13(18)15-8-9-3-1-4-10(7-9)16(19)20/h1-7,17H,8H2,(H,15,18). The molecule has 0 aliphatic rings. The maximum Gasteiger partial charge on any atom is 0.273 e. The summed E-state index contributed by atoms with van der Waals surface area (Å²) in [4.78, 5) is 25.7. The zero-order valence-corrected chi connectivity index (χ0v) is 10.3. The van der Waals surface area contributed by atoms with Gasteiger partial charge >= 0.3 is 0 Å². The van der Waals surface area contributed by atoms with E-state index in [2.05, 4.69) is 10.3 Å². The first-order chi connectivity index (χ1) is 9.58. The van der Waals surface area contributed by atoms with Gasteiger partial charge in [0.2, 0.25) is 0 Å². The van der Waals surface area contributed by atoms with Crippen molar-refractivity contribution in [2.45, 2.75) is 6.54 Å². The fourth-order valence-corrected chi connectivity index (χ4v) is 1.62. The molecule has 0 saturated carbocycles. The van der Waals surface area contributed by atoms with E-state index in [4.69, 9.17) is 0 Å². The molecular weight excluding hydrogens is 262 g/mol. The van der Waals surface area contributed by atoms with Crippen molar-refractivity contribution in [3.05, 3.63) is 64.0 Å². The predicted molar refractivity (Wildman–Crippen MR) is 70.2 cm³/mol. The fraction of sp³-hybridized carbons (Fsp3) is 0.0769. The Balaban J connectivity index is 2.06. The maximum atomic E-state index is 11.8. The van der Waals surface area contributed by atoms with Crippen molar-refractivity contribution in [2.75, 3.05) is 0 Å². The Kier molecular flexibility index (Phi) is 3.90. The summed E-state index contributed by atoms with van der Waals surface area (Å²) in [5.41, 5.74) is 0.457. The van der Waals surface area contributed by atoms with Crippen LogP contribution in [-0.2, 0) is 6.54 Å². The molecule has 2 N–H and O–H groups in total. The average molecular weight is 273 g/mol. The van der Waals surface area contributed by atoms with Crippen molar-refractivity contribution >= 4 is 11.6 Å². The van der Waals surface area contributed by atoms with Gasteiger partial charge in [-0.25, -0.2) is 4.98 Å². The number of nitro benzene ring substituents is 1. The zero-order chi connectivity index (χ0) is 14.5. The number of nitrogens with one attached hydrogen (secondary N) is 1. The SMILES string of the molecule is O=C(NCc1cccc([N+](=O)[O-])c1)c1ncccc1O. The minimum absolute atomic E-state index is 0.0440. The lowest BCUT2D eigenvalue weighted by Crippen LogP contribution is -2.23. The topological polar surface area (TPSA) is 105 Å². The van der Waals surface area contributed by atoms with Crippen LogP contribution in [0.4, 0.5) is 5.69 Å². The van der Waals surface area contributed by atoms with E-state index in [1.807, 2.05) is 0 Å². The van der Waals surface area contributed by atoms with Crippen LogP contribution in [0.2, 0.25) is 0 Å². The summed E-state index contributed by atoms with van der Waals surface area (Å²) >= 11 is 0. The summed E-state index contributed by atoms with van der Waals surface area (Å²) in [6.07, 6.45) is 1.39. The van der Waals surface area contributed by atoms with E-state index in [0.29, 0.717) is 5.56 Å². The molecule has 0 aliphatic heterocycles. The van der Waals surface area contributed by atoms with Gasteiger partial charge in [0.1, 0.15) is 5.75 Å². The monoisotopic (exact) mass is 273 g/mol. The molecule has 1 heterocycles. The van der Waals surface area contributed by atoms with Gasteiger partial charge in [0.05, 0.1) is 4.92 Å². The highest BCUT2D eigenvalue weighted by atomic mass is 16.6. The van der Waals surface area contributed by atoms with E-state index >= 15 is 0 Å². The highest BCUT2D eigenvalue weighted by Crippen LogP contribution is 2.14. The molecule has 7 heteroatoms. The number of non-ortho nitro benzene ring substituents is 1. The normalized spacial score (nSPS) is 10.0. The number of hydrogen-bond donors (Lipinski definition) is 2. The smallest absolute Gasteiger partial charge is 0.273 e. The lowest BCUT2D eigenvalue weighted by Gasteiger charge is -2.05. The quantitative estimate of drug-likeness (QED) is 0.650. The first kappa shape index (κ1) is 13.5. The zero-order valence-electron chi connectivity index (χ0n) is 10.3. The van der Waals surface area contributed by atoms with Crippen LogP contribution in [0.15, 0.2) is 42.6 Å². The summed E-state index contributed by atoms with van der Waals surface area (Å²) in [5, 5.41) is 22.7. The Bertz CT molecular complexity index is 658. The number of carbonyl (C=O) groups is 1. The second-order valence-electron chi connectivity index (χ2n) is 3.98. The summed E-state index contributed by atoms with van der Waals surface area (Å²) in [5.74, 6) is -0.765. The van der Waals surface area contributed by atoms with Crippen molar-refractivity contribution in [3.8, 4) is 5.75 Å². The summed E-state index contributed by atoms with van der Waals surface area (Å²) in [7, 11) is 0. The molecule has 1 amide bonds. The van der Waals surface area contributed by atoms with E-state index in [1.54, 1.807) is 6.07 Å². The second kappa shape index (κ2) is 5.79. The number of benzene rings is 1. The van der Waals surface area contributed by atoms with E-state index in [0.717, 1.165) is 0 Å². The Labute approximate surface area is 114 Å². The number of aromatic hydroxyl groups is 1. The molecular formula is C13H11N3O4. The minimum Gasteiger partial charge on any atom is -0.505 e. The van der Waals surface area contributed by atoms with Crippen LogP contribution in [0.1, 0.15) is 16.1 Å². The third kappa shape index (κ3) is 3.08. The third-order valence-electron chi connectivity index (χ3n) is 2.58. The highest BCUT2D eigenvalue weighted by molar-refractivity contribution is 5.94. The number of rotatable bonds is 4. The highest BCUT2D eigenvalue weighted by Gasteiger charge is 2.12. The molecule has 7 nitrogen and oxygen atoms in total. The van der Waals surface area contributed by atoms with Gasteiger partial charge in [-0.05, 0) is 17.7 Å². The molecule has 2 aromatic rings. The first-order valence-corrected chi connectivity index (χ1v) is 5.73. The molecule has 0 atom stereocenters. The number of pyridine rings is 1. The molecule has 102 valence electrons. The average Bonchev–Trinajstić information content (AvgIpc) is 2.45. The van der Waals surface area contributed by atoms with Gasteiger partial charge < -0.3 is 10.4 Å². The van der Waals surface area contributed by atoms with Crippen LogP contribution >= 0.6 is 0 Å². The Morgan fingerprint density at radius 1 is 1.35 bits per heavy atom. The number of amides is 1. The van der Waals surface area contributed by atoms with Crippen molar-refractivity contribution in [1.82, 2.24) is 10.3 Å². The minimum atomic E-state index is -0.547. The number of carbonyl (C=O) groups excluding carboxylic acids is 1. The maximum absolute atomic E-state index is 11.8. The third-order valence-corrected chi connectivity index (χ3v) is 2.58. The number of aromatic nitrogens is 1. The number of hydrogen-bond acceptors (Lipinski definition) is 5.